The normalized spacial score (nSPS) is 15.5. The summed E-state index contributed by atoms with van der Waals surface area (Å²) in [6.07, 6.45) is 0. The number of carbonyl (C=O) groups excluding carboxylic acids is 1. The van der Waals surface area contributed by atoms with Crippen molar-refractivity contribution in [3.05, 3.63) is 65.4 Å². The average molecular weight is 454 g/mol. The Morgan fingerprint density at radius 2 is 1.78 bits per heavy atom. The van der Waals surface area contributed by atoms with E-state index < -0.39 is 16.0 Å². The smallest absolute Gasteiger partial charge is 0.374 e. The molecular formula is C23H23N3O5S. The number of piperazine rings is 1. The molecule has 0 aliphatic carbocycles. The number of para-hydroxylation sites is 1. The lowest BCUT2D eigenvalue weighted by Gasteiger charge is -2.34. The molecule has 0 atom stereocenters. The molecule has 0 bridgehead atoms. The highest BCUT2D eigenvalue weighted by molar-refractivity contribution is 7.89. The van der Waals surface area contributed by atoms with Crippen LogP contribution >= 0.6 is 0 Å². The summed E-state index contributed by atoms with van der Waals surface area (Å²) in [6, 6.07) is 15.6. The predicted molar refractivity (Wildman–Crippen MR) is 117 cm³/mol. The maximum Gasteiger partial charge on any atom is 0.374 e. The zero-order valence-corrected chi connectivity index (χ0v) is 18.5. The summed E-state index contributed by atoms with van der Waals surface area (Å²) in [5.74, 6) is -0.320. The molecule has 3 aromatic rings. The van der Waals surface area contributed by atoms with Crippen LogP contribution in [0.2, 0.25) is 0 Å². The van der Waals surface area contributed by atoms with Gasteiger partial charge in [0.1, 0.15) is 11.7 Å². The van der Waals surface area contributed by atoms with Crippen LogP contribution in [0.15, 0.2) is 57.8 Å². The molecule has 1 aromatic heterocycles. The topological polar surface area (TPSA) is 104 Å². The predicted octanol–water partition coefficient (Wildman–Crippen LogP) is 2.99. The molecule has 4 rings (SSSR count). The van der Waals surface area contributed by atoms with Gasteiger partial charge < -0.3 is 9.15 Å². The van der Waals surface area contributed by atoms with E-state index >= 15 is 0 Å². The van der Waals surface area contributed by atoms with Crippen LogP contribution in [0.3, 0.4) is 0 Å². The second-order valence-electron chi connectivity index (χ2n) is 7.41. The van der Waals surface area contributed by atoms with Crippen molar-refractivity contribution in [1.82, 2.24) is 9.21 Å². The number of ether oxygens (including phenoxy) is 1. The van der Waals surface area contributed by atoms with Crippen LogP contribution in [0.25, 0.3) is 11.0 Å². The summed E-state index contributed by atoms with van der Waals surface area (Å²) in [6.45, 7) is 3.96. The van der Waals surface area contributed by atoms with Gasteiger partial charge in [0.15, 0.2) is 0 Å². The van der Waals surface area contributed by atoms with Crippen molar-refractivity contribution in [2.75, 3.05) is 32.8 Å². The van der Waals surface area contributed by atoms with Gasteiger partial charge in [0, 0.05) is 43.7 Å². The van der Waals surface area contributed by atoms with E-state index in [0.717, 1.165) is 10.9 Å². The van der Waals surface area contributed by atoms with Gasteiger partial charge in [-0.05, 0) is 25.1 Å². The Bertz CT molecular complexity index is 1280. The molecule has 0 saturated carbocycles. The summed E-state index contributed by atoms with van der Waals surface area (Å²) in [4.78, 5) is 14.5. The maximum atomic E-state index is 13.1. The van der Waals surface area contributed by atoms with Crippen molar-refractivity contribution in [1.29, 1.82) is 5.26 Å². The van der Waals surface area contributed by atoms with Crippen molar-refractivity contribution < 1.29 is 22.4 Å². The van der Waals surface area contributed by atoms with Gasteiger partial charge in [0.25, 0.3) is 0 Å². The monoisotopic (exact) mass is 453 g/mol. The summed E-state index contributed by atoms with van der Waals surface area (Å²) < 4.78 is 38.5. The standard InChI is InChI=1S/C23H23N3O5S/c1-2-30-23(27)22-19(18-8-4-5-9-20(18)31-22)16-25-11-13-26(14-12-25)32(28,29)21-10-6-3-7-17(21)15-24/h3-10H,2,11-14,16H2,1H3. The number of hydrogen-bond donors (Lipinski definition) is 0. The Morgan fingerprint density at radius 1 is 1.09 bits per heavy atom. The van der Waals surface area contributed by atoms with Crippen LogP contribution < -0.4 is 0 Å². The molecule has 9 heteroatoms. The fraction of sp³-hybridized carbons (Fsp3) is 0.304. The van der Waals surface area contributed by atoms with Crippen LogP contribution in [0, 0.1) is 11.3 Å². The fourth-order valence-electron chi connectivity index (χ4n) is 3.89. The third-order valence-electron chi connectivity index (χ3n) is 5.50. The number of nitriles is 1. The van der Waals surface area contributed by atoms with Crippen molar-refractivity contribution in [2.45, 2.75) is 18.4 Å². The van der Waals surface area contributed by atoms with Crippen LogP contribution in [-0.2, 0) is 21.3 Å². The number of furan rings is 1. The average Bonchev–Trinajstić information content (AvgIpc) is 3.18. The quantitative estimate of drug-likeness (QED) is 0.529. The molecule has 166 valence electrons. The Balaban J connectivity index is 1.53. The minimum atomic E-state index is -3.76. The van der Waals surface area contributed by atoms with E-state index in [1.807, 2.05) is 24.3 Å². The Morgan fingerprint density at radius 3 is 2.50 bits per heavy atom. The second-order valence-corrected chi connectivity index (χ2v) is 9.32. The molecule has 32 heavy (non-hydrogen) atoms. The van der Waals surface area contributed by atoms with Crippen LogP contribution in [-0.4, -0.2) is 56.4 Å². The lowest BCUT2D eigenvalue weighted by molar-refractivity contribution is 0.0488. The molecule has 0 N–H and O–H groups in total. The van der Waals surface area contributed by atoms with Gasteiger partial charge in [-0.1, -0.05) is 30.3 Å². The number of hydrogen-bond acceptors (Lipinski definition) is 7. The molecule has 1 fully saturated rings. The van der Waals surface area contributed by atoms with Gasteiger partial charge in [-0.3, -0.25) is 4.90 Å². The molecule has 0 amide bonds. The van der Waals surface area contributed by atoms with Gasteiger partial charge in [0.2, 0.25) is 15.8 Å². The summed E-state index contributed by atoms with van der Waals surface area (Å²) in [5.41, 5.74) is 1.49. The highest BCUT2D eigenvalue weighted by Gasteiger charge is 2.31. The minimum absolute atomic E-state index is 0.0291. The number of nitrogens with zero attached hydrogens (tertiary/aromatic N) is 3. The largest absolute Gasteiger partial charge is 0.460 e. The summed E-state index contributed by atoms with van der Waals surface area (Å²) in [5, 5.41) is 10.1. The zero-order valence-electron chi connectivity index (χ0n) is 17.7. The van der Waals surface area contributed by atoms with Crippen molar-refractivity contribution in [3.63, 3.8) is 0 Å². The van der Waals surface area contributed by atoms with Gasteiger partial charge in [0.05, 0.1) is 17.1 Å². The Labute approximate surface area is 186 Å². The second kappa shape index (κ2) is 9.12. The van der Waals surface area contributed by atoms with Gasteiger partial charge in [-0.15, -0.1) is 0 Å². The van der Waals surface area contributed by atoms with Crippen LogP contribution in [0.1, 0.15) is 28.6 Å². The molecule has 2 aromatic carbocycles. The lowest BCUT2D eigenvalue weighted by Crippen LogP contribution is -2.48. The summed E-state index contributed by atoms with van der Waals surface area (Å²) in [7, 11) is -3.76. The summed E-state index contributed by atoms with van der Waals surface area (Å²) >= 11 is 0. The van der Waals surface area contributed by atoms with Gasteiger partial charge in [-0.25, -0.2) is 13.2 Å². The molecule has 8 nitrogen and oxygen atoms in total. The van der Waals surface area contributed by atoms with E-state index in [2.05, 4.69) is 4.90 Å². The molecular weight excluding hydrogens is 430 g/mol. The van der Waals surface area contributed by atoms with Gasteiger partial charge in [-0.2, -0.15) is 9.57 Å². The van der Waals surface area contributed by atoms with E-state index in [1.54, 1.807) is 25.1 Å². The Hall–Kier alpha value is -3.19. The first-order valence-electron chi connectivity index (χ1n) is 10.3. The highest BCUT2D eigenvalue weighted by Crippen LogP contribution is 2.29. The van der Waals surface area contributed by atoms with Gasteiger partial charge >= 0.3 is 5.97 Å². The number of esters is 1. The van der Waals surface area contributed by atoms with E-state index in [4.69, 9.17) is 9.15 Å². The first-order valence-corrected chi connectivity index (χ1v) is 11.8. The number of benzene rings is 2. The fourth-order valence-corrected chi connectivity index (χ4v) is 5.46. The van der Waals surface area contributed by atoms with Crippen molar-refractivity contribution >= 4 is 27.0 Å². The minimum Gasteiger partial charge on any atom is -0.460 e. The first-order chi connectivity index (χ1) is 15.5. The van der Waals surface area contributed by atoms with Crippen molar-refractivity contribution in [3.8, 4) is 6.07 Å². The van der Waals surface area contributed by atoms with E-state index in [1.165, 1.54) is 16.4 Å². The number of carbonyl (C=O) groups is 1. The van der Waals surface area contributed by atoms with Crippen LogP contribution in [0.4, 0.5) is 0 Å². The zero-order chi connectivity index (χ0) is 22.7. The van der Waals surface area contributed by atoms with E-state index in [-0.39, 0.29) is 35.9 Å². The van der Waals surface area contributed by atoms with Crippen molar-refractivity contribution in [2.24, 2.45) is 0 Å². The van der Waals surface area contributed by atoms with Crippen LogP contribution in [0.5, 0.6) is 0 Å². The maximum absolute atomic E-state index is 13.1. The molecule has 0 radical (unpaired) electrons. The first kappa shape index (κ1) is 22.0. The number of sulfonamides is 1. The SMILES string of the molecule is CCOC(=O)c1oc2ccccc2c1CN1CCN(S(=O)(=O)c2ccccc2C#N)CC1. The Kier molecular flexibility index (Phi) is 6.28. The van der Waals surface area contributed by atoms with E-state index in [0.29, 0.717) is 25.2 Å². The number of rotatable bonds is 6. The molecule has 2 heterocycles. The molecule has 0 spiro atoms. The highest BCUT2D eigenvalue weighted by atomic mass is 32.2. The van der Waals surface area contributed by atoms with E-state index in [9.17, 15) is 18.5 Å². The third kappa shape index (κ3) is 4.12. The molecule has 1 aliphatic rings. The third-order valence-corrected chi connectivity index (χ3v) is 7.45. The molecule has 1 saturated heterocycles. The lowest BCUT2D eigenvalue weighted by atomic mass is 10.1. The molecule has 0 unspecified atom stereocenters. The number of fused-ring (bicyclic) bond motifs is 1. The molecule has 1 aliphatic heterocycles.